The molecule has 1 rings (SSSR count). The quantitative estimate of drug-likeness (QED) is 0.454. The fourth-order valence-corrected chi connectivity index (χ4v) is 1.06. The highest BCUT2D eigenvalue weighted by molar-refractivity contribution is 5.65. The Morgan fingerprint density at radius 1 is 1.55 bits per heavy atom. The Morgan fingerprint density at radius 3 is 2.82 bits per heavy atom. The van der Waals surface area contributed by atoms with E-state index >= 15 is 0 Å². The summed E-state index contributed by atoms with van der Waals surface area (Å²) in [5, 5.41) is 0. The second-order valence-corrected chi connectivity index (χ2v) is 2.80. The van der Waals surface area contributed by atoms with Gasteiger partial charge in [0.25, 0.3) is 0 Å². The van der Waals surface area contributed by atoms with Gasteiger partial charge in [-0.25, -0.2) is 0 Å². The molecule has 0 spiro atoms. The fourth-order valence-electron chi connectivity index (χ4n) is 1.06. The van der Waals surface area contributed by atoms with Crippen LogP contribution in [0.1, 0.15) is 26.7 Å². The van der Waals surface area contributed by atoms with Crippen LogP contribution in [0, 0.1) is 0 Å². The smallest absolute Gasteiger partial charge is 0.302 e. The number of epoxide rings is 1. The first-order valence-corrected chi connectivity index (χ1v) is 4.03. The minimum Gasteiger partial charge on any atom is -0.463 e. The van der Waals surface area contributed by atoms with Crippen molar-refractivity contribution in [2.75, 3.05) is 6.61 Å². The van der Waals surface area contributed by atoms with Crippen LogP contribution in [0.15, 0.2) is 0 Å². The number of carbonyl (C=O) groups is 1. The zero-order valence-corrected chi connectivity index (χ0v) is 7.00. The van der Waals surface area contributed by atoms with Crippen LogP contribution >= 0.6 is 0 Å². The average molecular weight is 158 g/mol. The van der Waals surface area contributed by atoms with Crippen molar-refractivity contribution < 1.29 is 14.3 Å². The van der Waals surface area contributed by atoms with Gasteiger partial charge in [0.2, 0.25) is 0 Å². The van der Waals surface area contributed by atoms with Gasteiger partial charge in [-0.15, -0.1) is 0 Å². The normalized spacial score (nSPS) is 28.2. The van der Waals surface area contributed by atoms with Gasteiger partial charge in [-0.05, 0) is 6.42 Å². The Bertz CT molecular complexity index is 144. The van der Waals surface area contributed by atoms with E-state index in [2.05, 4.69) is 6.92 Å². The lowest BCUT2D eigenvalue weighted by Gasteiger charge is -1.95. The van der Waals surface area contributed by atoms with Crippen LogP contribution < -0.4 is 0 Å². The summed E-state index contributed by atoms with van der Waals surface area (Å²) < 4.78 is 10.0. The standard InChI is InChI=1S/C8H14O3/c1-3-4-7-8(11-7)5-10-6(2)9/h7-8H,3-5H2,1-2H3/t7-,8-/m1/s1. The molecule has 0 saturated carbocycles. The molecular weight excluding hydrogens is 144 g/mol. The lowest BCUT2D eigenvalue weighted by atomic mass is 10.2. The van der Waals surface area contributed by atoms with Gasteiger partial charge in [0, 0.05) is 6.92 Å². The molecule has 3 nitrogen and oxygen atoms in total. The second kappa shape index (κ2) is 3.72. The Morgan fingerprint density at radius 2 is 2.27 bits per heavy atom. The number of rotatable bonds is 4. The van der Waals surface area contributed by atoms with Crippen molar-refractivity contribution in [2.24, 2.45) is 0 Å². The van der Waals surface area contributed by atoms with Crippen molar-refractivity contribution in [2.45, 2.75) is 38.9 Å². The summed E-state index contributed by atoms with van der Waals surface area (Å²) in [4.78, 5) is 10.4. The van der Waals surface area contributed by atoms with Crippen LogP contribution in [0.4, 0.5) is 0 Å². The molecule has 0 bridgehead atoms. The molecule has 1 fully saturated rings. The van der Waals surface area contributed by atoms with E-state index in [1.54, 1.807) is 0 Å². The summed E-state index contributed by atoms with van der Waals surface area (Å²) in [6.45, 7) is 3.96. The van der Waals surface area contributed by atoms with E-state index in [1.165, 1.54) is 6.92 Å². The molecule has 64 valence electrons. The zero-order chi connectivity index (χ0) is 8.27. The van der Waals surface area contributed by atoms with E-state index in [0.29, 0.717) is 12.7 Å². The zero-order valence-electron chi connectivity index (χ0n) is 7.00. The molecular formula is C8H14O3. The van der Waals surface area contributed by atoms with Crippen LogP contribution in [-0.2, 0) is 14.3 Å². The predicted octanol–water partition coefficient (Wildman–Crippen LogP) is 1.12. The van der Waals surface area contributed by atoms with Crippen LogP contribution in [0.2, 0.25) is 0 Å². The van der Waals surface area contributed by atoms with E-state index in [-0.39, 0.29) is 12.1 Å². The Kier molecular flexibility index (Phi) is 2.88. The molecule has 0 amide bonds. The molecule has 0 aromatic carbocycles. The molecule has 1 saturated heterocycles. The summed E-state index contributed by atoms with van der Waals surface area (Å²) in [5.74, 6) is -0.226. The molecule has 0 radical (unpaired) electrons. The highest BCUT2D eigenvalue weighted by Gasteiger charge is 2.38. The monoisotopic (exact) mass is 158 g/mol. The van der Waals surface area contributed by atoms with Gasteiger partial charge in [-0.1, -0.05) is 13.3 Å². The van der Waals surface area contributed by atoms with Gasteiger partial charge in [-0.3, -0.25) is 4.79 Å². The van der Waals surface area contributed by atoms with Crippen LogP contribution in [-0.4, -0.2) is 24.8 Å². The molecule has 3 heteroatoms. The van der Waals surface area contributed by atoms with E-state index < -0.39 is 0 Å². The minimum atomic E-state index is -0.226. The van der Waals surface area contributed by atoms with E-state index in [1.807, 2.05) is 0 Å². The van der Waals surface area contributed by atoms with E-state index in [4.69, 9.17) is 9.47 Å². The maximum atomic E-state index is 10.4. The number of hydrogen-bond donors (Lipinski definition) is 0. The number of carbonyl (C=O) groups excluding carboxylic acids is 1. The minimum absolute atomic E-state index is 0.179. The van der Waals surface area contributed by atoms with E-state index in [9.17, 15) is 4.79 Å². The highest BCUT2D eigenvalue weighted by Crippen LogP contribution is 2.26. The third-order valence-corrected chi connectivity index (χ3v) is 1.71. The van der Waals surface area contributed by atoms with Crippen molar-refractivity contribution in [3.63, 3.8) is 0 Å². The van der Waals surface area contributed by atoms with Gasteiger partial charge in [0.15, 0.2) is 0 Å². The van der Waals surface area contributed by atoms with Gasteiger partial charge in [0.1, 0.15) is 12.7 Å². The first kappa shape index (κ1) is 8.53. The number of esters is 1. The Hall–Kier alpha value is -0.570. The lowest BCUT2D eigenvalue weighted by Crippen LogP contribution is -2.08. The van der Waals surface area contributed by atoms with Crippen LogP contribution in [0.5, 0.6) is 0 Å². The third-order valence-electron chi connectivity index (χ3n) is 1.71. The third kappa shape index (κ3) is 2.89. The maximum Gasteiger partial charge on any atom is 0.302 e. The number of hydrogen-bond acceptors (Lipinski definition) is 3. The fraction of sp³-hybridized carbons (Fsp3) is 0.875. The molecule has 1 aliphatic heterocycles. The number of ether oxygens (including phenoxy) is 2. The average Bonchev–Trinajstić information content (AvgIpc) is 2.64. The molecule has 2 atom stereocenters. The molecule has 11 heavy (non-hydrogen) atoms. The SMILES string of the molecule is CCC[C@H]1O[C@@H]1COC(C)=O. The molecule has 0 aromatic heterocycles. The van der Waals surface area contributed by atoms with Crippen LogP contribution in [0.25, 0.3) is 0 Å². The summed E-state index contributed by atoms with van der Waals surface area (Å²) in [6, 6.07) is 0. The Balaban J connectivity index is 2.00. The van der Waals surface area contributed by atoms with Crippen LogP contribution in [0.3, 0.4) is 0 Å². The van der Waals surface area contributed by atoms with Gasteiger partial charge in [0.05, 0.1) is 6.10 Å². The lowest BCUT2D eigenvalue weighted by molar-refractivity contribution is -0.141. The Labute approximate surface area is 66.7 Å². The first-order chi connectivity index (χ1) is 5.24. The molecule has 0 unspecified atom stereocenters. The predicted molar refractivity (Wildman–Crippen MR) is 40.2 cm³/mol. The maximum absolute atomic E-state index is 10.4. The summed E-state index contributed by atoms with van der Waals surface area (Å²) in [6.07, 6.45) is 2.73. The summed E-state index contributed by atoms with van der Waals surface area (Å²) >= 11 is 0. The summed E-state index contributed by atoms with van der Waals surface area (Å²) in [7, 11) is 0. The van der Waals surface area contributed by atoms with Crippen molar-refractivity contribution in [3.05, 3.63) is 0 Å². The molecule has 0 N–H and O–H groups in total. The topological polar surface area (TPSA) is 38.8 Å². The van der Waals surface area contributed by atoms with E-state index in [0.717, 1.165) is 12.8 Å². The second-order valence-electron chi connectivity index (χ2n) is 2.80. The van der Waals surface area contributed by atoms with Gasteiger partial charge >= 0.3 is 5.97 Å². The van der Waals surface area contributed by atoms with Crippen molar-refractivity contribution >= 4 is 5.97 Å². The van der Waals surface area contributed by atoms with Gasteiger partial charge < -0.3 is 9.47 Å². The molecule has 0 aliphatic carbocycles. The molecule has 1 heterocycles. The van der Waals surface area contributed by atoms with Crippen molar-refractivity contribution in [1.29, 1.82) is 0 Å². The van der Waals surface area contributed by atoms with Gasteiger partial charge in [-0.2, -0.15) is 0 Å². The summed E-state index contributed by atoms with van der Waals surface area (Å²) in [5.41, 5.74) is 0. The first-order valence-electron chi connectivity index (χ1n) is 4.03. The highest BCUT2D eigenvalue weighted by atomic mass is 16.6. The molecule has 0 aromatic rings. The van der Waals surface area contributed by atoms with Crippen molar-refractivity contribution in [1.82, 2.24) is 0 Å². The van der Waals surface area contributed by atoms with Crippen molar-refractivity contribution in [3.8, 4) is 0 Å². The largest absolute Gasteiger partial charge is 0.463 e. The molecule has 1 aliphatic rings.